The maximum absolute atomic E-state index is 11.4. The van der Waals surface area contributed by atoms with Crippen LogP contribution in [0.25, 0.3) is 0 Å². The van der Waals surface area contributed by atoms with Crippen molar-refractivity contribution in [1.29, 1.82) is 0 Å². The Morgan fingerprint density at radius 1 is 1.77 bits per heavy atom. The SMILES string of the molecule is O=C(Nc1ncn[nH]1)[C@@H]1CCCO1. The minimum absolute atomic E-state index is 0.158. The molecule has 0 aromatic carbocycles. The van der Waals surface area contributed by atoms with Crippen molar-refractivity contribution < 1.29 is 9.53 Å². The predicted octanol–water partition coefficient (Wildman–Crippen LogP) is -0.0778. The predicted molar refractivity (Wildman–Crippen MR) is 44.0 cm³/mol. The second-order valence-electron chi connectivity index (χ2n) is 2.82. The lowest BCUT2D eigenvalue weighted by Crippen LogP contribution is -2.27. The van der Waals surface area contributed by atoms with Gasteiger partial charge in [0.1, 0.15) is 12.4 Å². The second kappa shape index (κ2) is 3.53. The zero-order valence-electron chi connectivity index (χ0n) is 6.99. The molecule has 70 valence electrons. The number of hydrogen-bond acceptors (Lipinski definition) is 4. The minimum atomic E-state index is -0.329. The fraction of sp³-hybridized carbons (Fsp3) is 0.571. The molecule has 1 fully saturated rings. The molecule has 0 bridgehead atoms. The average Bonchev–Trinajstić information content (AvgIpc) is 2.74. The van der Waals surface area contributed by atoms with Crippen LogP contribution < -0.4 is 5.32 Å². The van der Waals surface area contributed by atoms with Gasteiger partial charge in [0.15, 0.2) is 0 Å². The number of aromatic amines is 1. The molecule has 0 spiro atoms. The normalized spacial score (nSPS) is 21.7. The zero-order chi connectivity index (χ0) is 9.10. The summed E-state index contributed by atoms with van der Waals surface area (Å²) in [6, 6.07) is 0. The van der Waals surface area contributed by atoms with Gasteiger partial charge in [-0.2, -0.15) is 10.1 Å². The molecule has 13 heavy (non-hydrogen) atoms. The first-order valence-electron chi connectivity index (χ1n) is 4.14. The van der Waals surface area contributed by atoms with Crippen LogP contribution in [0.5, 0.6) is 0 Å². The highest BCUT2D eigenvalue weighted by atomic mass is 16.5. The average molecular weight is 182 g/mol. The first-order valence-corrected chi connectivity index (χ1v) is 4.14. The Balaban J connectivity index is 1.91. The van der Waals surface area contributed by atoms with Crippen molar-refractivity contribution >= 4 is 11.9 Å². The first-order chi connectivity index (χ1) is 6.36. The highest BCUT2D eigenvalue weighted by Gasteiger charge is 2.23. The van der Waals surface area contributed by atoms with Gasteiger partial charge in [0.25, 0.3) is 5.91 Å². The molecular formula is C7H10N4O2. The van der Waals surface area contributed by atoms with Gasteiger partial charge in [-0.1, -0.05) is 0 Å². The lowest BCUT2D eigenvalue weighted by atomic mass is 10.2. The minimum Gasteiger partial charge on any atom is -0.368 e. The third-order valence-corrected chi connectivity index (χ3v) is 1.88. The van der Waals surface area contributed by atoms with Gasteiger partial charge in [-0.25, -0.2) is 5.10 Å². The highest BCUT2D eigenvalue weighted by molar-refractivity contribution is 5.92. The Morgan fingerprint density at radius 3 is 3.31 bits per heavy atom. The number of H-pyrrole nitrogens is 1. The number of carbonyl (C=O) groups is 1. The van der Waals surface area contributed by atoms with E-state index < -0.39 is 0 Å². The number of nitrogens with one attached hydrogen (secondary N) is 2. The summed E-state index contributed by atoms with van der Waals surface area (Å²) in [4.78, 5) is 15.2. The molecule has 2 heterocycles. The van der Waals surface area contributed by atoms with Crippen LogP contribution in [0.3, 0.4) is 0 Å². The summed E-state index contributed by atoms with van der Waals surface area (Å²) in [7, 11) is 0. The fourth-order valence-electron chi connectivity index (χ4n) is 1.25. The Kier molecular flexibility index (Phi) is 2.22. The van der Waals surface area contributed by atoms with Crippen molar-refractivity contribution in [3.63, 3.8) is 0 Å². The van der Waals surface area contributed by atoms with E-state index in [0.717, 1.165) is 12.8 Å². The molecular weight excluding hydrogens is 172 g/mol. The number of carbonyl (C=O) groups excluding carboxylic acids is 1. The number of hydrogen-bond donors (Lipinski definition) is 2. The topological polar surface area (TPSA) is 79.9 Å². The van der Waals surface area contributed by atoms with Crippen LogP contribution in [0.4, 0.5) is 5.95 Å². The lowest BCUT2D eigenvalue weighted by Gasteiger charge is -2.07. The fourth-order valence-corrected chi connectivity index (χ4v) is 1.25. The van der Waals surface area contributed by atoms with Gasteiger partial charge < -0.3 is 4.74 Å². The van der Waals surface area contributed by atoms with Crippen LogP contribution in [0.2, 0.25) is 0 Å². The van der Waals surface area contributed by atoms with E-state index in [1.54, 1.807) is 0 Å². The van der Waals surface area contributed by atoms with Crippen LogP contribution in [0.15, 0.2) is 6.33 Å². The van der Waals surface area contributed by atoms with Gasteiger partial charge in [0, 0.05) is 6.61 Å². The van der Waals surface area contributed by atoms with Crippen molar-refractivity contribution in [3.05, 3.63) is 6.33 Å². The van der Waals surface area contributed by atoms with Crippen molar-refractivity contribution in [1.82, 2.24) is 15.2 Å². The third-order valence-electron chi connectivity index (χ3n) is 1.88. The van der Waals surface area contributed by atoms with Gasteiger partial charge in [0.2, 0.25) is 5.95 Å². The van der Waals surface area contributed by atoms with Crippen molar-refractivity contribution in [2.24, 2.45) is 0 Å². The number of amides is 1. The first kappa shape index (κ1) is 8.18. The number of aromatic nitrogens is 3. The Morgan fingerprint density at radius 2 is 2.69 bits per heavy atom. The van der Waals surface area contributed by atoms with Gasteiger partial charge in [-0.15, -0.1) is 0 Å². The molecule has 1 atom stereocenters. The number of rotatable bonds is 2. The van der Waals surface area contributed by atoms with E-state index in [9.17, 15) is 4.79 Å². The van der Waals surface area contributed by atoms with Crippen molar-refractivity contribution in [2.75, 3.05) is 11.9 Å². The summed E-state index contributed by atoms with van der Waals surface area (Å²) in [5.74, 6) is 0.203. The van der Waals surface area contributed by atoms with E-state index in [0.29, 0.717) is 12.6 Å². The molecule has 1 saturated heterocycles. The molecule has 1 aromatic rings. The number of anilines is 1. The molecule has 0 aliphatic carbocycles. The molecule has 0 saturated carbocycles. The molecule has 1 aliphatic heterocycles. The van der Waals surface area contributed by atoms with Crippen LogP contribution in [0, 0.1) is 0 Å². The lowest BCUT2D eigenvalue weighted by molar-refractivity contribution is -0.124. The summed E-state index contributed by atoms with van der Waals surface area (Å²) in [5.41, 5.74) is 0. The third kappa shape index (κ3) is 1.83. The van der Waals surface area contributed by atoms with Gasteiger partial charge in [-0.05, 0) is 12.8 Å². The van der Waals surface area contributed by atoms with Gasteiger partial charge >= 0.3 is 0 Å². The van der Waals surface area contributed by atoms with Crippen molar-refractivity contribution in [2.45, 2.75) is 18.9 Å². The molecule has 1 aromatic heterocycles. The zero-order valence-corrected chi connectivity index (χ0v) is 6.99. The summed E-state index contributed by atoms with van der Waals surface area (Å²) in [5, 5.41) is 8.72. The smallest absolute Gasteiger partial charge is 0.255 e. The van der Waals surface area contributed by atoms with Crippen LogP contribution >= 0.6 is 0 Å². The molecule has 0 radical (unpaired) electrons. The Bertz CT molecular complexity index is 279. The Labute approximate surface area is 74.7 Å². The second-order valence-corrected chi connectivity index (χ2v) is 2.82. The van der Waals surface area contributed by atoms with E-state index in [4.69, 9.17) is 4.74 Å². The van der Waals surface area contributed by atoms with E-state index in [-0.39, 0.29) is 12.0 Å². The van der Waals surface area contributed by atoms with E-state index >= 15 is 0 Å². The highest BCUT2D eigenvalue weighted by Crippen LogP contribution is 2.12. The largest absolute Gasteiger partial charge is 0.368 e. The molecule has 1 amide bonds. The molecule has 0 unspecified atom stereocenters. The summed E-state index contributed by atoms with van der Waals surface area (Å²) < 4.78 is 5.19. The maximum atomic E-state index is 11.4. The van der Waals surface area contributed by atoms with Gasteiger partial charge in [0.05, 0.1) is 0 Å². The molecule has 2 N–H and O–H groups in total. The van der Waals surface area contributed by atoms with E-state index in [1.807, 2.05) is 0 Å². The molecule has 1 aliphatic rings. The summed E-state index contributed by atoms with van der Waals surface area (Å²) in [6.45, 7) is 0.661. The molecule has 2 rings (SSSR count). The van der Waals surface area contributed by atoms with Crippen LogP contribution in [-0.2, 0) is 9.53 Å². The summed E-state index contributed by atoms with van der Waals surface area (Å²) >= 11 is 0. The number of ether oxygens (including phenoxy) is 1. The van der Waals surface area contributed by atoms with Crippen molar-refractivity contribution in [3.8, 4) is 0 Å². The van der Waals surface area contributed by atoms with E-state index in [2.05, 4.69) is 20.5 Å². The van der Waals surface area contributed by atoms with E-state index in [1.165, 1.54) is 6.33 Å². The summed E-state index contributed by atoms with van der Waals surface area (Å²) in [6.07, 6.45) is 2.73. The maximum Gasteiger partial charge on any atom is 0.255 e. The monoisotopic (exact) mass is 182 g/mol. The number of nitrogens with zero attached hydrogens (tertiary/aromatic N) is 2. The molecule has 6 heteroatoms. The standard InChI is InChI=1S/C7H10N4O2/c12-6(5-2-1-3-13-5)10-7-8-4-9-11-7/h4-5H,1-3H2,(H2,8,9,10,11,12)/t5-/m0/s1. The van der Waals surface area contributed by atoms with Gasteiger partial charge in [-0.3, -0.25) is 10.1 Å². The Hall–Kier alpha value is -1.43. The van der Waals surface area contributed by atoms with Crippen LogP contribution in [-0.4, -0.2) is 33.8 Å². The molecule has 6 nitrogen and oxygen atoms in total. The van der Waals surface area contributed by atoms with Crippen LogP contribution in [0.1, 0.15) is 12.8 Å². The quantitative estimate of drug-likeness (QED) is 0.670.